The monoisotopic (exact) mass is 341 g/mol. The minimum atomic E-state index is 0.277. The van der Waals surface area contributed by atoms with E-state index < -0.39 is 0 Å². The highest BCUT2D eigenvalue weighted by molar-refractivity contribution is 5.90. The summed E-state index contributed by atoms with van der Waals surface area (Å²) in [7, 11) is 4.15. The Morgan fingerprint density at radius 1 is 1.16 bits per heavy atom. The van der Waals surface area contributed by atoms with Crippen molar-refractivity contribution >= 4 is 16.8 Å². The maximum Gasteiger partial charge on any atom is 0.227 e. The average molecular weight is 341 g/mol. The number of carbonyl (C=O) groups excluding carboxylic acids is 1. The van der Waals surface area contributed by atoms with Gasteiger partial charge in [0.25, 0.3) is 0 Å². The molecule has 1 fully saturated rings. The molecule has 1 heterocycles. The fourth-order valence-corrected chi connectivity index (χ4v) is 4.01. The summed E-state index contributed by atoms with van der Waals surface area (Å²) >= 11 is 0. The molecule has 1 aromatic carbocycles. The molecule has 0 aliphatic heterocycles. The van der Waals surface area contributed by atoms with Crippen LogP contribution in [0.3, 0.4) is 0 Å². The second-order valence-corrected chi connectivity index (χ2v) is 7.78. The minimum Gasteiger partial charge on any atom is -0.358 e. The van der Waals surface area contributed by atoms with Crippen molar-refractivity contribution in [1.29, 1.82) is 0 Å². The van der Waals surface area contributed by atoms with E-state index in [-0.39, 0.29) is 5.91 Å². The lowest BCUT2D eigenvalue weighted by Gasteiger charge is -2.30. The smallest absolute Gasteiger partial charge is 0.227 e. The molecule has 1 aliphatic carbocycles. The predicted octanol–water partition coefficient (Wildman–Crippen LogP) is 3.66. The Morgan fingerprint density at radius 3 is 2.56 bits per heavy atom. The zero-order chi connectivity index (χ0) is 18.0. The van der Waals surface area contributed by atoms with E-state index in [1.165, 1.54) is 23.8 Å². The summed E-state index contributed by atoms with van der Waals surface area (Å²) in [5.74, 6) is 0.277. The fraction of sp³-hybridized carbons (Fsp3) is 0.571. The number of fused-ring (bicyclic) bond motifs is 1. The molecule has 3 rings (SSSR count). The van der Waals surface area contributed by atoms with Gasteiger partial charge in [-0.3, -0.25) is 4.79 Å². The molecule has 1 aromatic heterocycles. The van der Waals surface area contributed by atoms with E-state index in [0.717, 1.165) is 42.7 Å². The number of aromatic amines is 1. The molecule has 0 spiro atoms. The number of H-pyrrole nitrogens is 1. The predicted molar refractivity (Wildman–Crippen MR) is 104 cm³/mol. The van der Waals surface area contributed by atoms with Crippen molar-refractivity contribution in [2.24, 2.45) is 0 Å². The summed E-state index contributed by atoms with van der Waals surface area (Å²) < 4.78 is 0. The van der Waals surface area contributed by atoms with Gasteiger partial charge in [-0.25, -0.2) is 0 Å². The Balaban J connectivity index is 1.83. The summed E-state index contributed by atoms with van der Waals surface area (Å²) in [5, 5.41) is 1.20. The largest absolute Gasteiger partial charge is 0.358 e. The van der Waals surface area contributed by atoms with Crippen molar-refractivity contribution in [3.05, 3.63) is 35.0 Å². The molecular weight excluding hydrogens is 310 g/mol. The Bertz CT molecular complexity index is 741. The third-order valence-electron chi connectivity index (χ3n) is 5.48. The van der Waals surface area contributed by atoms with E-state index in [1.807, 2.05) is 0 Å². The van der Waals surface area contributed by atoms with Gasteiger partial charge in [-0.05, 0) is 58.5 Å². The van der Waals surface area contributed by atoms with Crippen molar-refractivity contribution in [3.63, 3.8) is 0 Å². The number of hydrogen-bond donors (Lipinski definition) is 1. The zero-order valence-corrected chi connectivity index (χ0v) is 16.1. The summed E-state index contributed by atoms with van der Waals surface area (Å²) in [6.07, 6.45) is 5.32. The first kappa shape index (κ1) is 18.0. The van der Waals surface area contributed by atoms with Crippen LogP contribution in [0.2, 0.25) is 0 Å². The van der Waals surface area contributed by atoms with Crippen molar-refractivity contribution in [2.75, 3.05) is 27.2 Å². The number of nitrogens with one attached hydrogen (secondary N) is 1. The van der Waals surface area contributed by atoms with Gasteiger partial charge in [0.2, 0.25) is 5.91 Å². The van der Waals surface area contributed by atoms with Crippen LogP contribution in [0, 0.1) is 13.8 Å². The standard InChI is InChI=1S/C21H31N3O/c1-15-9-10-20-19(13-15)18(16(2)22-20)14-21(25)24(12-11-23(3)4)17-7-5-6-8-17/h9-10,13,17,22H,5-8,11-12,14H2,1-4H3. The van der Waals surface area contributed by atoms with Crippen LogP contribution >= 0.6 is 0 Å². The van der Waals surface area contributed by atoms with Crippen LogP contribution in [0.1, 0.15) is 42.5 Å². The highest BCUT2D eigenvalue weighted by atomic mass is 16.2. The maximum atomic E-state index is 13.2. The van der Waals surface area contributed by atoms with E-state index in [4.69, 9.17) is 0 Å². The molecule has 25 heavy (non-hydrogen) atoms. The molecule has 0 radical (unpaired) electrons. The Kier molecular flexibility index (Phi) is 5.48. The van der Waals surface area contributed by atoms with Gasteiger partial charge in [-0.1, -0.05) is 24.5 Å². The molecule has 1 saturated carbocycles. The lowest BCUT2D eigenvalue weighted by molar-refractivity contribution is -0.132. The first-order valence-electron chi connectivity index (χ1n) is 9.47. The van der Waals surface area contributed by atoms with Gasteiger partial charge < -0.3 is 14.8 Å². The van der Waals surface area contributed by atoms with Gasteiger partial charge in [0.1, 0.15) is 0 Å². The third kappa shape index (κ3) is 4.06. The van der Waals surface area contributed by atoms with E-state index in [1.54, 1.807) is 0 Å². The first-order chi connectivity index (χ1) is 12.0. The average Bonchev–Trinajstić information content (AvgIpc) is 3.17. The summed E-state index contributed by atoms with van der Waals surface area (Å²) in [4.78, 5) is 20.9. The number of rotatable bonds is 6. The topological polar surface area (TPSA) is 39.3 Å². The van der Waals surface area contributed by atoms with Crippen LogP contribution < -0.4 is 0 Å². The quantitative estimate of drug-likeness (QED) is 0.871. The van der Waals surface area contributed by atoms with Crippen LogP contribution in [0.25, 0.3) is 10.9 Å². The van der Waals surface area contributed by atoms with Gasteiger partial charge >= 0.3 is 0 Å². The van der Waals surface area contributed by atoms with Crippen molar-refractivity contribution in [2.45, 2.75) is 52.0 Å². The van der Waals surface area contributed by atoms with Crippen LogP contribution in [0.5, 0.6) is 0 Å². The second-order valence-electron chi connectivity index (χ2n) is 7.78. The number of aromatic nitrogens is 1. The number of likely N-dealkylation sites (N-methyl/N-ethyl adjacent to an activating group) is 1. The molecule has 0 unspecified atom stereocenters. The van der Waals surface area contributed by atoms with Gasteiger partial charge in [-0.2, -0.15) is 0 Å². The van der Waals surface area contributed by atoms with E-state index >= 15 is 0 Å². The van der Waals surface area contributed by atoms with Gasteiger partial charge in [0.05, 0.1) is 6.42 Å². The number of hydrogen-bond acceptors (Lipinski definition) is 2. The molecule has 0 bridgehead atoms. The van der Waals surface area contributed by atoms with Gasteiger partial charge in [-0.15, -0.1) is 0 Å². The van der Waals surface area contributed by atoms with Crippen LogP contribution in [0.15, 0.2) is 18.2 Å². The third-order valence-corrected chi connectivity index (χ3v) is 5.48. The van der Waals surface area contributed by atoms with Gasteiger partial charge in [0.15, 0.2) is 0 Å². The minimum absolute atomic E-state index is 0.277. The molecule has 1 aliphatic rings. The molecule has 4 nitrogen and oxygen atoms in total. The zero-order valence-electron chi connectivity index (χ0n) is 16.1. The molecule has 0 atom stereocenters. The van der Waals surface area contributed by atoms with Crippen LogP contribution in [-0.4, -0.2) is 53.9 Å². The highest BCUT2D eigenvalue weighted by Gasteiger charge is 2.27. The Morgan fingerprint density at radius 2 is 1.88 bits per heavy atom. The molecular formula is C21H31N3O. The highest BCUT2D eigenvalue weighted by Crippen LogP contribution is 2.27. The maximum absolute atomic E-state index is 13.2. The molecule has 136 valence electrons. The van der Waals surface area contributed by atoms with Crippen molar-refractivity contribution in [3.8, 4) is 0 Å². The lowest BCUT2D eigenvalue weighted by atomic mass is 10.0. The molecule has 2 aromatic rings. The SMILES string of the molecule is Cc1ccc2[nH]c(C)c(CC(=O)N(CCN(C)C)C3CCCC3)c2c1. The molecule has 4 heteroatoms. The van der Waals surface area contributed by atoms with Crippen molar-refractivity contribution in [1.82, 2.24) is 14.8 Å². The Hall–Kier alpha value is -1.81. The molecule has 1 amide bonds. The van der Waals surface area contributed by atoms with E-state index in [9.17, 15) is 4.79 Å². The first-order valence-corrected chi connectivity index (χ1v) is 9.47. The van der Waals surface area contributed by atoms with Crippen LogP contribution in [-0.2, 0) is 11.2 Å². The normalized spacial score (nSPS) is 15.4. The van der Waals surface area contributed by atoms with Crippen molar-refractivity contribution < 1.29 is 4.79 Å². The van der Waals surface area contributed by atoms with E-state index in [0.29, 0.717) is 12.5 Å². The number of nitrogens with zero attached hydrogens (tertiary/aromatic N) is 2. The lowest BCUT2D eigenvalue weighted by Crippen LogP contribution is -2.43. The van der Waals surface area contributed by atoms with E-state index in [2.05, 4.69) is 60.9 Å². The second kappa shape index (κ2) is 7.61. The molecule has 0 saturated heterocycles. The number of amides is 1. The summed E-state index contributed by atoms with van der Waals surface area (Å²) in [6, 6.07) is 6.86. The van der Waals surface area contributed by atoms with Crippen LogP contribution in [0.4, 0.5) is 0 Å². The summed E-state index contributed by atoms with van der Waals surface area (Å²) in [6.45, 7) is 5.94. The summed E-state index contributed by atoms with van der Waals surface area (Å²) in [5.41, 5.74) is 4.65. The van der Waals surface area contributed by atoms with Gasteiger partial charge in [0, 0.05) is 35.7 Å². The molecule has 1 N–H and O–H groups in total. The number of benzene rings is 1. The Labute approximate surface area is 151 Å². The fourth-order valence-electron chi connectivity index (χ4n) is 4.01. The number of aryl methyl sites for hydroxylation is 2. The number of carbonyl (C=O) groups is 1.